The van der Waals surface area contributed by atoms with Gasteiger partial charge in [0.25, 0.3) is 0 Å². The number of aromatic nitrogens is 2. The van der Waals surface area contributed by atoms with Crippen molar-refractivity contribution in [1.82, 2.24) is 9.97 Å². The van der Waals surface area contributed by atoms with E-state index in [0.29, 0.717) is 25.1 Å². The molecule has 0 atom stereocenters. The average Bonchev–Trinajstić information content (AvgIpc) is 3.27. The Labute approximate surface area is 191 Å². The van der Waals surface area contributed by atoms with Gasteiger partial charge < -0.3 is 25.0 Å². The maximum Gasteiger partial charge on any atom is 0.421 e. The SMILES string of the molecule is COC(=O)c1ccsc1Nc1nc(Nc2ccc(N3CCOCC3)cc2)ncc1C(F)(F)F. The van der Waals surface area contributed by atoms with Crippen molar-refractivity contribution in [3.8, 4) is 0 Å². The van der Waals surface area contributed by atoms with Crippen LogP contribution in [0.2, 0.25) is 0 Å². The lowest BCUT2D eigenvalue weighted by Gasteiger charge is -2.28. The number of hydrogen-bond donors (Lipinski definition) is 2. The summed E-state index contributed by atoms with van der Waals surface area (Å²) in [7, 11) is 1.20. The lowest BCUT2D eigenvalue weighted by Crippen LogP contribution is -2.36. The molecule has 1 aliphatic heterocycles. The van der Waals surface area contributed by atoms with Crippen LogP contribution in [0.1, 0.15) is 15.9 Å². The number of nitrogens with zero attached hydrogens (tertiary/aromatic N) is 3. The summed E-state index contributed by atoms with van der Waals surface area (Å²) in [4.78, 5) is 21.9. The van der Waals surface area contributed by atoms with Crippen molar-refractivity contribution in [2.45, 2.75) is 6.18 Å². The van der Waals surface area contributed by atoms with E-state index in [1.807, 2.05) is 12.1 Å². The molecule has 33 heavy (non-hydrogen) atoms. The number of benzene rings is 1. The number of morpholine rings is 1. The number of hydrogen-bond acceptors (Lipinski definition) is 9. The van der Waals surface area contributed by atoms with Crippen LogP contribution in [0.15, 0.2) is 41.9 Å². The Hall–Kier alpha value is -3.38. The van der Waals surface area contributed by atoms with Gasteiger partial charge in [-0.05, 0) is 35.7 Å². The van der Waals surface area contributed by atoms with Crippen molar-refractivity contribution >= 4 is 45.4 Å². The van der Waals surface area contributed by atoms with Gasteiger partial charge in [0.1, 0.15) is 16.4 Å². The number of rotatable bonds is 6. The van der Waals surface area contributed by atoms with E-state index < -0.39 is 23.5 Å². The fourth-order valence-corrected chi connectivity index (χ4v) is 4.01. The summed E-state index contributed by atoms with van der Waals surface area (Å²) in [6.45, 7) is 2.91. The van der Waals surface area contributed by atoms with Gasteiger partial charge in [-0.15, -0.1) is 11.3 Å². The van der Waals surface area contributed by atoms with Crippen LogP contribution in [0.3, 0.4) is 0 Å². The highest BCUT2D eigenvalue weighted by Crippen LogP contribution is 2.37. The first kappa shape index (κ1) is 22.8. The molecular weight excluding hydrogens is 459 g/mol. The minimum absolute atomic E-state index is 0.0270. The number of ether oxygens (including phenoxy) is 2. The first-order chi connectivity index (χ1) is 15.8. The van der Waals surface area contributed by atoms with Gasteiger partial charge in [-0.2, -0.15) is 18.2 Å². The van der Waals surface area contributed by atoms with Crippen LogP contribution in [0.4, 0.5) is 41.3 Å². The summed E-state index contributed by atoms with van der Waals surface area (Å²) in [5.41, 5.74) is 0.694. The fourth-order valence-electron chi connectivity index (χ4n) is 3.24. The van der Waals surface area contributed by atoms with Crippen LogP contribution in [-0.4, -0.2) is 49.4 Å². The summed E-state index contributed by atoms with van der Waals surface area (Å²) in [6.07, 6.45) is -3.99. The molecule has 4 rings (SSSR count). The smallest absolute Gasteiger partial charge is 0.421 e. The highest BCUT2D eigenvalue weighted by molar-refractivity contribution is 7.14. The van der Waals surface area contributed by atoms with Crippen molar-refractivity contribution in [3.05, 3.63) is 53.0 Å². The predicted octanol–water partition coefficient (Wildman–Crippen LogP) is 4.67. The zero-order chi connectivity index (χ0) is 23.4. The largest absolute Gasteiger partial charge is 0.465 e. The molecule has 0 radical (unpaired) electrons. The van der Waals surface area contributed by atoms with Gasteiger partial charge in [-0.25, -0.2) is 9.78 Å². The van der Waals surface area contributed by atoms with E-state index >= 15 is 0 Å². The van der Waals surface area contributed by atoms with Gasteiger partial charge in [0.05, 0.1) is 25.9 Å². The number of carbonyl (C=O) groups excluding carboxylic acids is 1. The Morgan fingerprint density at radius 2 is 1.88 bits per heavy atom. The second-order valence-corrected chi connectivity index (χ2v) is 7.92. The topological polar surface area (TPSA) is 88.6 Å². The van der Waals surface area contributed by atoms with Crippen molar-refractivity contribution in [3.63, 3.8) is 0 Å². The lowest BCUT2D eigenvalue weighted by molar-refractivity contribution is -0.137. The molecule has 8 nitrogen and oxygen atoms in total. The Kier molecular flexibility index (Phi) is 6.65. The van der Waals surface area contributed by atoms with Gasteiger partial charge in [0.2, 0.25) is 5.95 Å². The van der Waals surface area contributed by atoms with Gasteiger partial charge >= 0.3 is 12.1 Å². The van der Waals surface area contributed by atoms with Crippen molar-refractivity contribution in [1.29, 1.82) is 0 Å². The van der Waals surface area contributed by atoms with Crippen LogP contribution in [0.5, 0.6) is 0 Å². The molecule has 0 amide bonds. The van der Waals surface area contributed by atoms with E-state index in [-0.39, 0.29) is 16.5 Å². The molecule has 174 valence electrons. The van der Waals surface area contributed by atoms with Crippen LogP contribution in [0, 0.1) is 0 Å². The van der Waals surface area contributed by atoms with Gasteiger partial charge in [0, 0.05) is 30.7 Å². The third kappa shape index (κ3) is 5.34. The molecule has 12 heteroatoms. The standard InChI is InChI=1S/C21H20F3N5O3S/c1-31-19(30)15-6-11-33-18(15)27-17-16(21(22,23)24)12-25-20(28-17)26-13-2-4-14(5-3-13)29-7-9-32-10-8-29/h2-6,11-12H,7-10H2,1H3,(H2,25,26,27,28). The number of methoxy groups -OCH3 is 1. The Morgan fingerprint density at radius 3 is 2.55 bits per heavy atom. The second kappa shape index (κ2) is 9.63. The predicted molar refractivity (Wildman–Crippen MR) is 119 cm³/mol. The molecule has 2 aromatic heterocycles. The second-order valence-electron chi connectivity index (χ2n) is 7.00. The van der Waals surface area contributed by atoms with Crippen molar-refractivity contribution in [2.24, 2.45) is 0 Å². The van der Waals surface area contributed by atoms with Crippen molar-refractivity contribution < 1.29 is 27.4 Å². The lowest BCUT2D eigenvalue weighted by atomic mass is 10.2. The van der Waals surface area contributed by atoms with Crippen LogP contribution in [0.25, 0.3) is 0 Å². The van der Waals surface area contributed by atoms with Crippen LogP contribution >= 0.6 is 11.3 Å². The Balaban J connectivity index is 1.57. The number of alkyl halides is 3. The van der Waals surface area contributed by atoms with E-state index in [1.54, 1.807) is 17.5 Å². The minimum atomic E-state index is -4.69. The molecule has 1 saturated heterocycles. The van der Waals surface area contributed by atoms with Crippen LogP contribution < -0.4 is 15.5 Å². The maximum atomic E-state index is 13.5. The zero-order valence-corrected chi connectivity index (χ0v) is 18.3. The summed E-state index contributed by atoms with van der Waals surface area (Å²) >= 11 is 1.06. The van der Waals surface area contributed by atoms with E-state index in [0.717, 1.165) is 30.1 Å². The van der Waals surface area contributed by atoms with E-state index in [4.69, 9.17) is 4.74 Å². The average molecular weight is 479 g/mol. The first-order valence-electron chi connectivity index (χ1n) is 9.92. The van der Waals surface area contributed by atoms with Gasteiger partial charge in [-0.3, -0.25) is 0 Å². The molecule has 1 aliphatic rings. The summed E-state index contributed by atoms with van der Waals surface area (Å²) in [5, 5.41) is 7.28. The molecule has 0 aliphatic carbocycles. The third-order valence-corrected chi connectivity index (χ3v) is 5.73. The summed E-state index contributed by atoms with van der Waals surface area (Å²) < 4.78 is 50.6. The van der Waals surface area contributed by atoms with Crippen LogP contribution in [-0.2, 0) is 15.7 Å². The van der Waals surface area contributed by atoms with Gasteiger partial charge in [-0.1, -0.05) is 0 Å². The molecule has 0 spiro atoms. The minimum Gasteiger partial charge on any atom is -0.465 e. The molecule has 2 N–H and O–H groups in total. The monoisotopic (exact) mass is 479 g/mol. The van der Waals surface area contributed by atoms with E-state index in [1.165, 1.54) is 13.2 Å². The molecular formula is C21H20F3N5O3S. The Morgan fingerprint density at radius 1 is 1.15 bits per heavy atom. The quantitative estimate of drug-likeness (QED) is 0.494. The normalized spacial score (nSPS) is 14.1. The molecule has 3 heterocycles. The first-order valence-corrected chi connectivity index (χ1v) is 10.8. The third-order valence-electron chi connectivity index (χ3n) is 4.90. The number of thiophene rings is 1. The molecule has 1 aromatic carbocycles. The molecule has 3 aromatic rings. The summed E-state index contributed by atoms with van der Waals surface area (Å²) in [5.74, 6) is -1.17. The zero-order valence-electron chi connectivity index (χ0n) is 17.5. The number of halogens is 3. The highest BCUT2D eigenvalue weighted by Gasteiger charge is 2.36. The van der Waals surface area contributed by atoms with E-state index in [2.05, 4.69) is 30.2 Å². The molecule has 1 fully saturated rings. The number of anilines is 5. The number of esters is 1. The Bertz CT molecular complexity index is 1120. The number of carbonyl (C=O) groups is 1. The van der Waals surface area contributed by atoms with Gasteiger partial charge in [0.15, 0.2) is 0 Å². The van der Waals surface area contributed by atoms with E-state index in [9.17, 15) is 18.0 Å². The fraction of sp³-hybridized carbons (Fsp3) is 0.286. The maximum absolute atomic E-state index is 13.5. The molecule has 0 unspecified atom stereocenters. The molecule has 0 saturated carbocycles. The number of nitrogens with one attached hydrogen (secondary N) is 2. The summed E-state index contributed by atoms with van der Waals surface area (Å²) in [6, 6.07) is 8.87. The highest BCUT2D eigenvalue weighted by atomic mass is 32.1. The molecule has 0 bridgehead atoms. The van der Waals surface area contributed by atoms with Crippen molar-refractivity contribution in [2.75, 3.05) is 48.9 Å².